The Balaban J connectivity index is 0.000000360. The first-order valence-electron chi connectivity index (χ1n) is 11.1. The fourth-order valence-electron chi connectivity index (χ4n) is 4.25. The predicted octanol–water partition coefficient (Wildman–Crippen LogP) is 3.26. The van der Waals surface area contributed by atoms with Crippen molar-refractivity contribution in [2.24, 2.45) is 5.92 Å². The number of aliphatic carboxylic acids is 1. The number of nitrogens with zero attached hydrogens (tertiary/aromatic N) is 3. The standard InChI is InChI=1S/C19H30N4O2.C2HF3O2/c1-2-4-16(3-1)21-18-5-8-20-19(22-18)17-14-25-12-9-23(17)13-15-6-10-24-11-7-15;3-2(4,5)1(6)7/h5,8,15-17H,1-4,6-7,9-14H2,(H,20,21,22);(H,6,7). The van der Waals surface area contributed by atoms with E-state index in [1.807, 2.05) is 12.3 Å². The highest BCUT2D eigenvalue weighted by atomic mass is 19.4. The van der Waals surface area contributed by atoms with Gasteiger partial charge in [-0.3, -0.25) is 4.90 Å². The van der Waals surface area contributed by atoms with E-state index >= 15 is 0 Å². The van der Waals surface area contributed by atoms with Gasteiger partial charge in [0, 0.05) is 38.5 Å². The first kappa shape index (κ1) is 24.7. The van der Waals surface area contributed by atoms with Gasteiger partial charge in [-0.2, -0.15) is 13.2 Å². The molecule has 1 unspecified atom stereocenters. The van der Waals surface area contributed by atoms with Gasteiger partial charge in [0.2, 0.25) is 0 Å². The van der Waals surface area contributed by atoms with Crippen molar-refractivity contribution in [1.82, 2.24) is 14.9 Å². The minimum absolute atomic E-state index is 0.168. The number of rotatable bonds is 5. The molecule has 0 bridgehead atoms. The molecular weight excluding hydrogens is 429 g/mol. The van der Waals surface area contributed by atoms with Crippen molar-refractivity contribution in [3.8, 4) is 0 Å². The van der Waals surface area contributed by atoms with Crippen LogP contribution in [0.25, 0.3) is 0 Å². The van der Waals surface area contributed by atoms with Crippen molar-refractivity contribution in [2.45, 2.75) is 56.8 Å². The number of carboxylic acid groups (broad SMARTS) is 1. The first-order valence-corrected chi connectivity index (χ1v) is 11.1. The Bertz CT molecular complexity index is 725. The molecule has 2 saturated heterocycles. The van der Waals surface area contributed by atoms with Gasteiger partial charge in [-0.15, -0.1) is 0 Å². The van der Waals surface area contributed by atoms with E-state index in [9.17, 15) is 13.2 Å². The molecule has 0 radical (unpaired) electrons. The molecule has 1 aromatic heterocycles. The summed E-state index contributed by atoms with van der Waals surface area (Å²) in [6.07, 6.45) is 4.28. The van der Waals surface area contributed by atoms with E-state index in [4.69, 9.17) is 24.4 Å². The summed E-state index contributed by atoms with van der Waals surface area (Å²) >= 11 is 0. The molecule has 1 aliphatic carbocycles. The SMILES string of the molecule is O=C(O)C(F)(F)F.c1cc(NC2CCCC2)nc(C2COCCN2CC2CCOCC2)n1. The van der Waals surface area contributed by atoms with Gasteiger partial charge < -0.3 is 19.9 Å². The molecule has 3 heterocycles. The van der Waals surface area contributed by atoms with Crippen LogP contribution in [0, 0.1) is 5.92 Å². The highest BCUT2D eigenvalue weighted by Crippen LogP contribution is 2.27. The van der Waals surface area contributed by atoms with Crippen LogP contribution < -0.4 is 5.32 Å². The lowest BCUT2D eigenvalue weighted by molar-refractivity contribution is -0.192. The normalized spacial score (nSPS) is 23.4. The second-order valence-corrected chi connectivity index (χ2v) is 8.37. The van der Waals surface area contributed by atoms with Crippen molar-refractivity contribution in [1.29, 1.82) is 0 Å². The lowest BCUT2D eigenvalue weighted by Crippen LogP contribution is -2.43. The number of alkyl halides is 3. The third-order valence-electron chi connectivity index (χ3n) is 5.99. The monoisotopic (exact) mass is 460 g/mol. The molecule has 3 aliphatic rings. The average molecular weight is 460 g/mol. The Hall–Kier alpha value is -1.98. The van der Waals surface area contributed by atoms with Crippen molar-refractivity contribution >= 4 is 11.8 Å². The molecule has 0 spiro atoms. The maximum atomic E-state index is 10.6. The van der Waals surface area contributed by atoms with Crippen LogP contribution in [-0.2, 0) is 14.3 Å². The maximum Gasteiger partial charge on any atom is 0.490 e. The minimum atomic E-state index is -5.08. The molecule has 1 aromatic rings. The summed E-state index contributed by atoms with van der Waals surface area (Å²) in [7, 11) is 0. The topological polar surface area (TPSA) is 96.8 Å². The highest BCUT2D eigenvalue weighted by molar-refractivity contribution is 5.73. The third kappa shape index (κ3) is 7.56. The molecular formula is C21H31F3N4O4. The Morgan fingerprint density at radius 3 is 2.50 bits per heavy atom. The van der Waals surface area contributed by atoms with E-state index in [-0.39, 0.29) is 6.04 Å². The van der Waals surface area contributed by atoms with E-state index in [2.05, 4.69) is 15.2 Å². The number of halogens is 3. The van der Waals surface area contributed by atoms with Crippen molar-refractivity contribution in [3.05, 3.63) is 18.1 Å². The average Bonchev–Trinajstić information content (AvgIpc) is 3.28. The maximum absolute atomic E-state index is 10.6. The van der Waals surface area contributed by atoms with Gasteiger partial charge >= 0.3 is 12.1 Å². The van der Waals surface area contributed by atoms with E-state index in [0.29, 0.717) is 18.6 Å². The van der Waals surface area contributed by atoms with Crippen LogP contribution >= 0.6 is 0 Å². The Morgan fingerprint density at radius 1 is 1.16 bits per heavy atom. The van der Waals surface area contributed by atoms with E-state index in [1.165, 1.54) is 25.7 Å². The van der Waals surface area contributed by atoms with Crippen LogP contribution in [-0.4, -0.2) is 77.7 Å². The van der Waals surface area contributed by atoms with Gasteiger partial charge in [0.05, 0.1) is 19.3 Å². The molecule has 2 N–H and O–H groups in total. The molecule has 4 rings (SSSR count). The number of hydrogen-bond acceptors (Lipinski definition) is 7. The van der Waals surface area contributed by atoms with Gasteiger partial charge in [-0.05, 0) is 37.7 Å². The number of nitrogens with one attached hydrogen (secondary N) is 1. The molecule has 2 aliphatic heterocycles. The largest absolute Gasteiger partial charge is 0.490 e. The number of aromatic nitrogens is 2. The third-order valence-corrected chi connectivity index (χ3v) is 5.99. The molecule has 0 amide bonds. The summed E-state index contributed by atoms with van der Waals surface area (Å²) in [5.41, 5.74) is 0. The Labute approximate surface area is 185 Å². The van der Waals surface area contributed by atoms with E-state index < -0.39 is 12.1 Å². The predicted molar refractivity (Wildman–Crippen MR) is 110 cm³/mol. The lowest BCUT2D eigenvalue weighted by atomic mass is 9.98. The Kier molecular flexibility index (Phi) is 9.06. The van der Waals surface area contributed by atoms with Crippen LogP contribution in [0.1, 0.15) is 50.4 Å². The quantitative estimate of drug-likeness (QED) is 0.691. The number of ether oxygens (including phenoxy) is 2. The molecule has 3 fully saturated rings. The number of anilines is 1. The van der Waals surface area contributed by atoms with E-state index in [1.54, 1.807) is 0 Å². The van der Waals surface area contributed by atoms with Gasteiger partial charge in [0.25, 0.3) is 0 Å². The molecule has 8 nitrogen and oxygen atoms in total. The van der Waals surface area contributed by atoms with Crippen LogP contribution in [0.4, 0.5) is 19.0 Å². The van der Waals surface area contributed by atoms with Crippen LogP contribution in [0.5, 0.6) is 0 Å². The van der Waals surface area contributed by atoms with Crippen LogP contribution in [0.2, 0.25) is 0 Å². The van der Waals surface area contributed by atoms with Gasteiger partial charge in [0.1, 0.15) is 11.6 Å². The zero-order valence-corrected chi connectivity index (χ0v) is 18.0. The molecule has 180 valence electrons. The van der Waals surface area contributed by atoms with Gasteiger partial charge in [-0.25, -0.2) is 14.8 Å². The van der Waals surface area contributed by atoms with Crippen LogP contribution in [0.3, 0.4) is 0 Å². The summed E-state index contributed by atoms with van der Waals surface area (Å²) in [6, 6.07) is 2.74. The minimum Gasteiger partial charge on any atom is -0.475 e. The second-order valence-electron chi connectivity index (χ2n) is 8.37. The molecule has 0 aromatic carbocycles. The highest BCUT2D eigenvalue weighted by Gasteiger charge is 2.38. The number of carboxylic acids is 1. The summed E-state index contributed by atoms with van der Waals surface area (Å²) in [5.74, 6) is -0.176. The number of morpholine rings is 1. The lowest BCUT2D eigenvalue weighted by Gasteiger charge is -2.37. The first-order chi connectivity index (χ1) is 15.3. The Morgan fingerprint density at radius 2 is 1.84 bits per heavy atom. The molecule has 1 atom stereocenters. The molecule has 32 heavy (non-hydrogen) atoms. The number of hydrogen-bond donors (Lipinski definition) is 2. The fraction of sp³-hybridized carbons (Fsp3) is 0.762. The summed E-state index contributed by atoms with van der Waals surface area (Å²) < 4.78 is 43.0. The summed E-state index contributed by atoms with van der Waals surface area (Å²) in [6.45, 7) is 5.36. The smallest absolute Gasteiger partial charge is 0.475 e. The fourth-order valence-corrected chi connectivity index (χ4v) is 4.25. The van der Waals surface area contributed by atoms with Crippen molar-refractivity contribution < 1.29 is 32.5 Å². The second kappa shape index (κ2) is 11.8. The zero-order chi connectivity index (χ0) is 23.0. The van der Waals surface area contributed by atoms with Crippen molar-refractivity contribution in [2.75, 3.05) is 44.8 Å². The summed E-state index contributed by atoms with van der Waals surface area (Å²) in [5, 5.41) is 10.7. The molecule has 1 saturated carbocycles. The van der Waals surface area contributed by atoms with Gasteiger partial charge in [-0.1, -0.05) is 12.8 Å². The van der Waals surface area contributed by atoms with Crippen LogP contribution in [0.15, 0.2) is 12.3 Å². The van der Waals surface area contributed by atoms with E-state index in [0.717, 1.165) is 57.4 Å². The molecule has 11 heteroatoms. The number of carbonyl (C=O) groups is 1. The summed E-state index contributed by atoms with van der Waals surface area (Å²) in [4.78, 5) is 20.8. The van der Waals surface area contributed by atoms with Gasteiger partial charge in [0.15, 0.2) is 0 Å². The van der Waals surface area contributed by atoms with Crippen molar-refractivity contribution in [3.63, 3.8) is 0 Å². The zero-order valence-electron chi connectivity index (χ0n) is 18.0.